The minimum atomic E-state index is -0.621. The molecule has 1 amide bonds. The van der Waals surface area contributed by atoms with Crippen LogP contribution in [-0.2, 0) is 0 Å². The van der Waals surface area contributed by atoms with Gasteiger partial charge in [0, 0.05) is 10.6 Å². The van der Waals surface area contributed by atoms with Crippen molar-refractivity contribution in [3.63, 3.8) is 0 Å². The largest absolute Gasteiger partial charge is 0.341 e. The molecule has 0 atom stereocenters. The molecule has 8 heteroatoms. The standard InChI is InChI=1S/C10H9FN4O2S/c1-18-7-3-2-5(4-6(7)11)12-9(16)8-13-10(17)15-14-8/h2-4H,1H3,(H,12,16)(H2,13,14,15,17). The van der Waals surface area contributed by atoms with Gasteiger partial charge in [-0.1, -0.05) is 0 Å². The maximum Gasteiger partial charge on any atom is 0.341 e. The Morgan fingerprint density at radius 2 is 2.28 bits per heavy atom. The van der Waals surface area contributed by atoms with Crippen LogP contribution in [0.4, 0.5) is 10.1 Å². The first-order chi connectivity index (χ1) is 8.60. The monoisotopic (exact) mass is 268 g/mol. The second kappa shape index (κ2) is 5.05. The van der Waals surface area contributed by atoms with E-state index in [1.54, 1.807) is 18.4 Å². The van der Waals surface area contributed by atoms with Crippen LogP contribution in [0, 0.1) is 5.82 Å². The van der Waals surface area contributed by atoms with Crippen LogP contribution >= 0.6 is 11.8 Å². The van der Waals surface area contributed by atoms with E-state index < -0.39 is 17.4 Å². The van der Waals surface area contributed by atoms with Gasteiger partial charge in [0.25, 0.3) is 5.91 Å². The van der Waals surface area contributed by atoms with E-state index in [0.29, 0.717) is 10.6 Å². The van der Waals surface area contributed by atoms with Crippen LogP contribution in [0.3, 0.4) is 0 Å². The number of halogens is 1. The van der Waals surface area contributed by atoms with Crippen LogP contribution in [0.15, 0.2) is 27.9 Å². The summed E-state index contributed by atoms with van der Waals surface area (Å²) >= 11 is 1.27. The molecule has 2 rings (SSSR count). The number of hydrogen-bond acceptors (Lipinski definition) is 4. The molecule has 0 saturated heterocycles. The number of benzene rings is 1. The van der Waals surface area contributed by atoms with E-state index in [1.165, 1.54) is 17.8 Å². The lowest BCUT2D eigenvalue weighted by molar-refractivity contribution is 0.101. The zero-order valence-corrected chi connectivity index (χ0v) is 10.1. The molecule has 0 bridgehead atoms. The fraction of sp³-hybridized carbons (Fsp3) is 0.100. The zero-order valence-electron chi connectivity index (χ0n) is 9.28. The number of H-pyrrole nitrogens is 2. The summed E-state index contributed by atoms with van der Waals surface area (Å²) in [6, 6.07) is 4.33. The minimum Gasteiger partial charge on any atom is -0.319 e. The molecule has 94 valence electrons. The second-order valence-corrected chi connectivity index (χ2v) is 4.18. The Bertz CT molecular complexity index is 637. The highest BCUT2D eigenvalue weighted by Crippen LogP contribution is 2.22. The van der Waals surface area contributed by atoms with Crippen molar-refractivity contribution in [2.75, 3.05) is 11.6 Å². The third-order valence-electron chi connectivity index (χ3n) is 2.13. The number of hydrogen-bond donors (Lipinski definition) is 3. The third-order valence-corrected chi connectivity index (χ3v) is 2.90. The summed E-state index contributed by atoms with van der Waals surface area (Å²) in [6.45, 7) is 0. The number of aromatic amines is 2. The predicted molar refractivity (Wildman–Crippen MR) is 65.3 cm³/mol. The summed E-state index contributed by atoms with van der Waals surface area (Å²) in [5.41, 5.74) is -0.289. The van der Waals surface area contributed by atoms with Crippen LogP contribution in [-0.4, -0.2) is 27.3 Å². The average Bonchev–Trinajstić information content (AvgIpc) is 2.76. The van der Waals surface area contributed by atoms with Crippen molar-refractivity contribution in [2.24, 2.45) is 0 Å². The fourth-order valence-corrected chi connectivity index (χ4v) is 1.77. The molecule has 0 saturated carbocycles. The van der Waals surface area contributed by atoms with Gasteiger partial charge in [-0.2, -0.15) is 0 Å². The van der Waals surface area contributed by atoms with E-state index in [4.69, 9.17) is 0 Å². The Kier molecular flexibility index (Phi) is 3.47. The van der Waals surface area contributed by atoms with E-state index in [0.717, 1.165) is 0 Å². The van der Waals surface area contributed by atoms with Crippen LogP contribution in [0.2, 0.25) is 0 Å². The number of anilines is 1. The highest BCUT2D eigenvalue weighted by Gasteiger charge is 2.11. The fourth-order valence-electron chi connectivity index (χ4n) is 1.31. The normalized spacial score (nSPS) is 10.3. The maximum atomic E-state index is 13.5. The molecule has 0 radical (unpaired) electrons. The summed E-state index contributed by atoms with van der Waals surface area (Å²) in [5, 5.41) is 7.95. The van der Waals surface area contributed by atoms with E-state index >= 15 is 0 Å². The van der Waals surface area contributed by atoms with Gasteiger partial charge in [0.05, 0.1) is 0 Å². The molecule has 0 aliphatic heterocycles. The molecular weight excluding hydrogens is 259 g/mol. The number of amides is 1. The van der Waals surface area contributed by atoms with Crippen LogP contribution in [0.5, 0.6) is 0 Å². The first kappa shape index (κ1) is 12.4. The number of nitrogens with one attached hydrogen (secondary N) is 3. The van der Waals surface area contributed by atoms with Gasteiger partial charge in [-0.3, -0.25) is 9.78 Å². The van der Waals surface area contributed by atoms with Gasteiger partial charge in [-0.15, -0.1) is 16.9 Å². The lowest BCUT2D eigenvalue weighted by Gasteiger charge is -2.04. The number of carbonyl (C=O) groups excluding carboxylic acids is 1. The molecule has 0 spiro atoms. The van der Waals surface area contributed by atoms with Crippen molar-refractivity contribution in [3.8, 4) is 0 Å². The van der Waals surface area contributed by atoms with Gasteiger partial charge < -0.3 is 5.32 Å². The van der Waals surface area contributed by atoms with Crippen molar-refractivity contribution in [2.45, 2.75) is 4.90 Å². The topological polar surface area (TPSA) is 90.6 Å². The number of carbonyl (C=O) groups is 1. The summed E-state index contributed by atoms with van der Waals surface area (Å²) in [4.78, 5) is 25.1. The molecule has 1 heterocycles. The summed E-state index contributed by atoms with van der Waals surface area (Å²) < 4.78 is 13.5. The Morgan fingerprint density at radius 3 is 2.83 bits per heavy atom. The van der Waals surface area contributed by atoms with Crippen molar-refractivity contribution in [1.82, 2.24) is 15.2 Å². The Balaban J connectivity index is 2.17. The van der Waals surface area contributed by atoms with Crippen LogP contribution < -0.4 is 11.0 Å². The predicted octanol–water partition coefficient (Wildman–Crippen LogP) is 1.21. The van der Waals surface area contributed by atoms with E-state index in [2.05, 4.69) is 20.5 Å². The molecule has 0 aliphatic rings. The quantitative estimate of drug-likeness (QED) is 0.730. The highest BCUT2D eigenvalue weighted by atomic mass is 32.2. The lowest BCUT2D eigenvalue weighted by atomic mass is 10.3. The molecular formula is C10H9FN4O2S. The van der Waals surface area contributed by atoms with Crippen molar-refractivity contribution in [3.05, 3.63) is 40.3 Å². The molecule has 1 aromatic heterocycles. The van der Waals surface area contributed by atoms with Gasteiger partial charge in [0.2, 0.25) is 5.82 Å². The SMILES string of the molecule is CSc1ccc(NC(=O)c2n[nH]c(=O)[nH]2)cc1F. The first-order valence-corrected chi connectivity index (χ1v) is 6.12. The Morgan fingerprint density at radius 1 is 1.50 bits per heavy atom. The molecule has 3 N–H and O–H groups in total. The Hall–Kier alpha value is -2.09. The number of rotatable bonds is 3. The van der Waals surface area contributed by atoms with Crippen LogP contribution in [0.1, 0.15) is 10.6 Å². The molecule has 6 nitrogen and oxygen atoms in total. The molecule has 0 unspecified atom stereocenters. The van der Waals surface area contributed by atoms with Gasteiger partial charge >= 0.3 is 5.69 Å². The highest BCUT2D eigenvalue weighted by molar-refractivity contribution is 7.98. The van der Waals surface area contributed by atoms with E-state index in [-0.39, 0.29) is 5.82 Å². The van der Waals surface area contributed by atoms with E-state index in [1.807, 2.05) is 0 Å². The molecule has 18 heavy (non-hydrogen) atoms. The molecule has 1 aromatic carbocycles. The van der Waals surface area contributed by atoms with Crippen molar-refractivity contribution < 1.29 is 9.18 Å². The third kappa shape index (κ3) is 2.59. The van der Waals surface area contributed by atoms with Gasteiger partial charge in [0.1, 0.15) is 5.82 Å². The average molecular weight is 268 g/mol. The smallest absolute Gasteiger partial charge is 0.319 e. The summed E-state index contributed by atoms with van der Waals surface area (Å²) in [5.74, 6) is -1.20. The van der Waals surface area contributed by atoms with Gasteiger partial charge in [-0.25, -0.2) is 14.3 Å². The Labute approximate surface area is 105 Å². The number of aromatic nitrogens is 3. The molecule has 2 aromatic rings. The first-order valence-electron chi connectivity index (χ1n) is 4.89. The molecule has 0 fully saturated rings. The number of thioether (sulfide) groups is 1. The van der Waals surface area contributed by atoms with Crippen molar-refractivity contribution in [1.29, 1.82) is 0 Å². The zero-order chi connectivity index (χ0) is 13.1. The van der Waals surface area contributed by atoms with E-state index in [9.17, 15) is 14.0 Å². The lowest BCUT2D eigenvalue weighted by Crippen LogP contribution is -2.15. The van der Waals surface area contributed by atoms with Gasteiger partial charge in [-0.05, 0) is 24.5 Å². The second-order valence-electron chi connectivity index (χ2n) is 3.33. The summed E-state index contributed by atoms with van der Waals surface area (Å²) in [7, 11) is 0. The number of nitrogens with zero attached hydrogens (tertiary/aromatic N) is 1. The van der Waals surface area contributed by atoms with Crippen molar-refractivity contribution >= 4 is 23.4 Å². The summed E-state index contributed by atoms with van der Waals surface area (Å²) in [6.07, 6.45) is 1.76. The maximum absolute atomic E-state index is 13.5. The minimum absolute atomic E-state index is 0.158. The molecule has 0 aliphatic carbocycles. The van der Waals surface area contributed by atoms with Crippen LogP contribution in [0.25, 0.3) is 0 Å². The van der Waals surface area contributed by atoms with Gasteiger partial charge in [0.15, 0.2) is 0 Å².